The van der Waals surface area contributed by atoms with Gasteiger partial charge in [0, 0.05) is 16.8 Å². The lowest BCUT2D eigenvalue weighted by atomic mass is 9.90. The Kier molecular flexibility index (Phi) is 3.46. The van der Waals surface area contributed by atoms with Crippen LogP contribution in [0.4, 0.5) is 0 Å². The second-order valence-corrected chi connectivity index (χ2v) is 6.69. The van der Waals surface area contributed by atoms with Gasteiger partial charge in [0.2, 0.25) is 0 Å². The van der Waals surface area contributed by atoms with Gasteiger partial charge in [-0.05, 0) is 56.0 Å². The number of sulfone groups is 1. The van der Waals surface area contributed by atoms with E-state index >= 15 is 0 Å². The molecule has 0 radical (unpaired) electrons. The van der Waals surface area contributed by atoms with Crippen molar-refractivity contribution in [3.63, 3.8) is 0 Å². The molecule has 1 heterocycles. The molecule has 1 aromatic rings. The van der Waals surface area contributed by atoms with Crippen molar-refractivity contribution in [2.24, 2.45) is 0 Å². The van der Waals surface area contributed by atoms with Crippen LogP contribution in [0.3, 0.4) is 0 Å². The van der Waals surface area contributed by atoms with Gasteiger partial charge in [-0.1, -0.05) is 19.1 Å². The van der Waals surface area contributed by atoms with Crippen molar-refractivity contribution in [3.05, 3.63) is 29.8 Å². The van der Waals surface area contributed by atoms with E-state index in [1.807, 2.05) is 6.07 Å². The Morgan fingerprint density at radius 2 is 2.32 bits per heavy atom. The molecule has 0 N–H and O–H groups in total. The summed E-state index contributed by atoms with van der Waals surface area (Å²) in [7, 11) is -4.27. The van der Waals surface area contributed by atoms with Gasteiger partial charge in [0.15, 0.2) is 9.84 Å². The van der Waals surface area contributed by atoms with E-state index in [1.54, 1.807) is 12.1 Å². The first-order valence-electron chi connectivity index (χ1n) is 8.32. The first-order chi connectivity index (χ1) is 10.3. The Balaban J connectivity index is 2.25. The molecule has 0 spiro atoms. The van der Waals surface area contributed by atoms with Gasteiger partial charge >= 0.3 is 0 Å². The highest BCUT2D eigenvalue weighted by Gasteiger charge is 2.21. The zero-order valence-electron chi connectivity index (χ0n) is 14.3. The smallest absolute Gasteiger partial charge is 0.175 e. The van der Waals surface area contributed by atoms with Gasteiger partial charge in [0.05, 0.1) is 4.90 Å². The fourth-order valence-electron chi connectivity index (χ4n) is 2.78. The second kappa shape index (κ2) is 6.06. The van der Waals surface area contributed by atoms with E-state index in [0.29, 0.717) is 0 Å². The Bertz CT molecular complexity index is 611. The van der Waals surface area contributed by atoms with Crippen LogP contribution in [-0.4, -0.2) is 39.1 Å². The summed E-state index contributed by atoms with van der Waals surface area (Å²) in [5.41, 5.74) is 0.922. The second-order valence-electron chi connectivity index (χ2n) is 5.22. The largest absolute Gasteiger partial charge is 0.303 e. The van der Waals surface area contributed by atoms with Crippen molar-refractivity contribution in [2.75, 3.05) is 25.8 Å². The third-order valence-corrected chi connectivity index (χ3v) is 4.56. The van der Waals surface area contributed by atoms with Gasteiger partial charge in [-0.15, -0.1) is 0 Å². The molecule has 1 aromatic carbocycles. The third kappa shape index (κ3) is 3.80. The summed E-state index contributed by atoms with van der Waals surface area (Å²) in [6, 6.07) is 6.46. The Hall–Kier alpha value is -0.870. The molecule has 3 nitrogen and oxygen atoms in total. The zero-order valence-corrected chi connectivity index (χ0v) is 12.1. The highest BCUT2D eigenvalue weighted by Crippen LogP contribution is 2.28. The van der Waals surface area contributed by atoms with Crippen LogP contribution in [0.2, 0.25) is 0 Å². The molecule has 1 aliphatic rings. The monoisotopic (exact) mass is 284 g/mol. The first kappa shape index (κ1) is 10.9. The lowest BCUT2D eigenvalue weighted by molar-refractivity contribution is 0.208. The molecule has 2 rings (SSSR count). The Labute approximate surface area is 120 Å². The van der Waals surface area contributed by atoms with E-state index < -0.39 is 16.0 Å². The minimum atomic E-state index is -4.27. The highest BCUT2D eigenvalue weighted by molar-refractivity contribution is 7.90. The van der Waals surface area contributed by atoms with Gasteiger partial charge in [0.25, 0.3) is 0 Å². The van der Waals surface area contributed by atoms with Gasteiger partial charge in [0.1, 0.15) is 0 Å². The Morgan fingerprint density at radius 1 is 1.47 bits per heavy atom. The van der Waals surface area contributed by atoms with Gasteiger partial charge in [-0.3, -0.25) is 0 Å². The predicted molar refractivity (Wildman–Crippen MR) is 78.3 cm³/mol. The van der Waals surface area contributed by atoms with Crippen LogP contribution < -0.4 is 0 Å². The number of benzene rings is 1. The summed E-state index contributed by atoms with van der Waals surface area (Å²) >= 11 is 0. The summed E-state index contributed by atoms with van der Waals surface area (Å²) in [5.74, 6) is 0.270. The maximum atomic E-state index is 12.1. The molecule has 0 aliphatic carbocycles. The van der Waals surface area contributed by atoms with Crippen molar-refractivity contribution in [3.8, 4) is 0 Å². The summed E-state index contributed by atoms with van der Waals surface area (Å²) in [4.78, 5) is 2.29. The summed E-state index contributed by atoms with van der Waals surface area (Å²) in [6.07, 6.45) is 0.186. The van der Waals surface area contributed by atoms with E-state index in [1.165, 1.54) is 6.07 Å². The molecule has 0 unspecified atom stereocenters. The van der Waals surface area contributed by atoms with Crippen molar-refractivity contribution < 1.29 is 12.5 Å². The van der Waals surface area contributed by atoms with Crippen LogP contribution in [0.15, 0.2) is 29.2 Å². The number of piperidine rings is 1. The summed E-state index contributed by atoms with van der Waals surface area (Å²) in [6.45, 7) is 5.18. The molecule has 0 bridgehead atoms. The zero-order chi connectivity index (χ0) is 16.4. The fourth-order valence-corrected chi connectivity index (χ4v) is 3.33. The molecular formula is C15H23NO2S. The van der Waals surface area contributed by atoms with E-state index in [9.17, 15) is 8.42 Å². The van der Waals surface area contributed by atoms with E-state index in [2.05, 4.69) is 11.8 Å². The predicted octanol–water partition coefficient (Wildman–Crippen LogP) is 2.68. The highest BCUT2D eigenvalue weighted by atomic mass is 32.2. The van der Waals surface area contributed by atoms with Crippen molar-refractivity contribution in [1.82, 2.24) is 4.90 Å². The molecule has 1 aliphatic heterocycles. The van der Waals surface area contributed by atoms with E-state index in [-0.39, 0.29) is 10.8 Å². The van der Waals surface area contributed by atoms with Crippen LogP contribution in [0.25, 0.3) is 0 Å². The molecule has 1 atom stereocenters. The third-order valence-electron chi connectivity index (χ3n) is 3.69. The molecule has 0 aromatic heterocycles. The maximum absolute atomic E-state index is 12.1. The average Bonchev–Trinajstić information content (AvgIpc) is 2.47. The molecule has 0 amide bonds. The lowest BCUT2D eigenvalue weighted by Gasteiger charge is -2.32. The van der Waals surface area contributed by atoms with Crippen LogP contribution in [-0.2, 0) is 9.84 Å². The molecule has 19 heavy (non-hydrogen) atoms. The minimum absolute atomic E-state index is 0.0994. The van der Waals surface area contributed by atoms with Crippen LogP contribution in [0.5, 0.6) is 0 Å². The topological polar surface area (TPSA) is 37.4 Å². The van der Waals surface area contributed by atoms with Gasteiger partial charge < -0.3 is 4.90 Å². The molecule has 4 heteroatoms. The normalized spacial score (nSPS) is 24.5. The van der Waals surface area contributed by atoms with Crippen LogP contribution >= 0.6 is 0 Å². The molecule has 106 valence electrons. The standard InChI is InChI=1S/C15H23NO2S/c1-3-9-16-10-5-7-14(12-16)13-6-4-8-15(11-13)19(2,17)18/h4,6,8,11,14H,3,5,7,9-10,12H2,1-2H3/t14-/m1/s1/i2D3. The Morgan fingerprint density at radius 3 is 3.05 bits per heavy atom. The van der Waals surface area contributed by atoms with Crippen LogP contribution in [0.1, 0.15) is 41.8 Å². The SMILES string of the molecule is [2H]C([2H])([2H])S(=O)(=O)c1cccc([C@@H]2CCCN(CCC)C2)c1. The number of rotatable bonds is 4. The molecule has 0 saturated carbocycles. The molecule has 1 saturated heterocycles. The van der Waals surface area contributed by atoms with Crippen LogP contribution in [0, 0.1) is 0 Å². The number of nitrogens with zero attached hydrogens (tertiary/aromatic N) is 1. The van der Waals surface area contributed by atoms with E-state index in [4.69, 9.17) is 4.11 Å². The summed E-state index contributed by atoms with van der Waals surface area (Å²) in [5, 5.41) is 0. The van der Waals surface area contributed by atoms with Crippen molar-refractivity contribution >= 4 is 9.84 Å². The quantitative estimate of drug-likeness (QED) is 0.853. The van der Waals surface area contributed by atoms with Gasteiger partial charge in [-0.25, -0.2) is 8.42 Å². The number of hydrogen-bond donors (Lipinski definition) is 0. The maximum Gasteiger partial charge on any atom is 0.175 e. The minimum Gasteiger partial charge on any atom is -0.303 e. The van der Waals surface area contributed by atoms with E-state index in [0.717, 1.165) is 44.5 Å². The first-order valence-corrected chi connectivity index (χ1v) is 8.31. The molecular weight excluding hydrogens is 258 g/mol. The number of hydrogen-bond acceptors (Lipinski definition) is 3. The van der Waals surface area contributed by atoms with Crippen molar-refractivity contribution in [2.45, 2.75) is 37.0 Å². The lowest BCUT2D eigenvalue weighted by Crippen LogP contribution is -2.34. The van der Waals surface area contributed by atoms with Crippen molar-refractivity contribution in [1.29, 1.82) is 0 Å². The summed E-state index contributed by atoms with van der Waals surface area (Å²) < 4.78 is 45.8. The fraction of sp³-hybridized carbons (Fsp3) is 0.600. The van der Waals surface area contributed by atoms with Gasteiger partial charge in [-0.2, -0.15) is 0 Å². The average molecular weight is 284 g/mol. The number of likely N-dealkylation sites (tertiary alicyclic amines) is 1. The molecule has 1 fully saturated rings.